The Morgan fingerprint density at radius 1 is 1.27 bits per heavy atom. The number of para-hydroxylation sites is 1. The fourth-order valence-corrected chi connectivity index (χ4v) is 4.32. The number of hydrogen-bond donors (Lipinski definition) is 1. The van der Waals surface area contributed by atoms with E-state index >= 15 is 0 Å². The third-order valence-electron chi connectivity index (χ3n) is 5.32. The zero-order chi connectivity index (χ0) is 15.1. The molecule has 1 aromatic carbocycles. The van der Waals surface area contributed by atoms with Crippen LogP contribution in [0.2, 0.25) is 0 Å². The molecule has 3 atom stereocenters. The first kappa shape index (κ1) is 13.8. The van der Waals surface area contributed by atoms with Crippen molar-refractivity contribution in [2.75, 3.05) is 0 Å². The summed E-state index contributed by atoms with van der Waals surface area (Å²) in [6.45, 7) is 0.604. The third kappa shape index (κ3) is 2.31. The van der Waals surface area contributed by atoms with E-state index in [-0.39, 0.29) is 6.04 Å². The Kier molecular flexibility index (Phi) is 3.41. The van der Waals surface area contributed by atoms with Crippen LogP contribution in [0.5, 0.6) is 0 Å². The van der Waals surface area contributed by atoms with E-state index in [0.29, 0.717) is 18.5 Å². The Morgan fingerprint density at radius 2 is 2.09 bits per heavy atom. The molecule has 22 heavy (non-hydrogen) atoms. The van der Waals surface area contributed by atoms with Gasteiger partial charge < -0.3 is 9.52 Å². The monoisotopic (exact) mass is 299 g/mol. The molecule has 0 bridgehead atoms. The lowest BCUT2D eigenvalue weighted by molar-refractivity contribution is -0.143. The zero-order valence-corrected chi connectivity index (χ0v) is 12.6. The molecule has 116 valence electrons. The van der Waals surface area contributed by atoms with Crippen LogP contribution in [-0.4, -0.2) is 28.1 Å². The van der Waals surface area contributed by atoms with Gasteiger partial charge in [-0.1, -0.05) is 31.0 Å². The van der Waals surface area contributed by atoms with Crippen LogP contribution in [0.4, 0.5) is 0 Å². The van der Waals surface area contributed by atoms with Gasteiger partial charge in [0, 0.05) is 11.4 Å². The first-order chi connectivity index (χ1) is 10.7. The predicted octanol–water partition coefficient (Wildman–Crippen LogP) is 3.65. The molecule has 4 nitrogen and oxygen atoms in total. The molecule has 2 aliphatic rings. The standard InChI is InChI=1S/C18H21NO3/c20-18(21)16-10-12-5-1-3-7-15(12)19(16)11-14-9-13-6-2-4-8-17(13)22-14/h2,4,6,8-9,12,15-16H,1,3,5,7,10-11H2,(H,20,21)/t12-,15-,16-/m0/s1. The Bertz CT molecular complexity index is 659. The quantitative estimate of drug-likeness (QED) is 0.940. The Balaban J connectivity index is 1.62. The number of furan rings is 1. The van der Waals surface area contributed by atoms with E-state index in [1.807, 2.05) is 30.3 Å². The molecule has 1 aliphatic heterocycles. The number of aliphatic carboxylic acids is 1. The minimum Gasteiger partial charge on any atom is -0.480 e. The SMILES string of the molecule is O=C(O)[C@@H]1C[C@@H]2CCCC[C@@H]2N1Cc1cc2ccccc2o1. The maximum absolute atomic E-state index is 11.6. The topological polar surface area (TPSA) is 53.7 Å². The van der Waals surface area contributed by atoms with Crippen LogP contribution >= 0.6 is 0 Å². The molecule has 0 spiro atoms. The number of hydrogen-bond acceptors (Lipinski definition) is 3. The molecule has 1 N–H and O–H groups in total. The first-order valence-corrected chi connectivity index (χ1v) is 8.18. The Labute approximate surface area is 129 Å². The minimum atomic E-state index is -0.689. The van der Waals surface area contributed by atoms with Crippen LogP contribution in [0, 0.1) is 5.92 Å². The number of carboxylic acids is 1. The minimum absolute atomic E-state index is 0.360. The molecule has 1 aliphatic carbocycles. The highest BCUT2D eigenvalue weighted by Gasteiger charge is 2.45. The molecule has 0 amide bonds. The lowest BCUT2D eigenvalue weighted by atomic mass is 9.85. The van der Waals surface area contributed by atoms with Crippen molar-refractivity contribution in [3.8, 4) is 0 Å². The number of carboxylic acid groups (broad SMARTS) is 1. The van der Waals surface area contributed by atoms with Gasteiger partial charge >= 0.3 is 5.97 Å². The van der Waals surface area contributed by atoms with Crippen molar-refractivity contribution in [1.29, 1.82) is 0 Å². The van der Waals surface area contributed by atoms with Gasteiger partial charge in [0.05, 0.1) is 6.54 Å². The number of fused-ring (bicyclic) bond motifs is 2. The second-order valence-corrected chi connectivity index (χ2v) is 6.62. The second kappa shape index (κ2) is 5.43. The van der Waals surface area contributed by atoms with Crippen LogP contribution < -0.4 is 0 Å². The molecule has 4 rings (SSSR count). The molecule has 4 heteroatoms. The van der Waals surface area contributed by atoms with Gasteiger partial charge in [-0.3, -0.25) is 9.69 Å². The molecule has 2 heterocycles. The van der Waals surface area contributed by atoms with Gasteiger partial charge in [-0.25, -0.2) is 0 Å². The summed E-state index contributed by atoms with van der Waals surface area (Å²) >= 11 is 0. The fraction of sp³-hybridized carbons (Fsp3) is 0.500. The highest BCUT2D eigenvalue weighted by atomic mass is 16.4. The average molecular weight is 299 g/mol. The molecule has 0 unspecified atom stereocenters. The van der Waals surface area contributed by atoms with E-state index in [0.717, 1.165) is 29.6 Å². The lowest BCUT2D eigenvalue weighted by Gasteiger charge is -2.32. The van der Waals surface area contributed by atoms with Crippen molar-refractivity contribution in [3.63, 3.8) is 0 Å². The van der Waals surface area contributed by atoms with Gasteiger partial charge in [0.2, 0.25) is 0 Å². The van der Waals surface area contributed by atoms with Crippen molar-refractivity contribution >= 4 is 16.9 Å². The number of carbonyl (C=O) groups is 1. The number of nitrogens with zero attached hydrogens (tertiary/aromatic N) is 1. The van der Waals surface area contributed by atoms with Gasteiger partial charge in [0.1, 0.15) is 17.4 Å². The molecular weight excluding hydrogens is 278 g/mol. The van der Waals surface area contributed by atoms with Crippen LogP contribution in [0.1, 0.15) is 37.9 Å². The highest BCUT2D eigenvalue weighted by molar-refractivity contribution is 5.77. The fourth-order valence-electron chi connectivity index (χ4n) is 4.32. The van der Waals surface area contributed by atoms with Crippen LogP contribution in [0.15, 0.2) is 34.7 Å². The van der Waals surface area contributed by atoms with Crippen LogP contribution in [0.25, 0.3) is 11.0 Å². The smallest absolute Gasteiger partial charge is 0.320 e. The first-order valence-electron chi connectivity index (χ1n) is 8.18. The van der Waals surface area contributed by atoms with E-state index in [2.05, 4.69) is 4.90 Å². The van der Waals surface area contributed by atoms with Crippen molar-refractivity contribution in [1.82, 2.24) is 4.90 Å². The summed E-state index contributed by atoms with van der Waals surface area (Å²) < 4.78 is 5.90. The molecule has 1 saturated heterocycles. The summed E-state index contributed by atoms with van der Waals surface area (Å²) in [7, 11) is 0. The molecule has 2 fully saturated rings. The van der Waals surface area contributed by atoms with E-state index in [4.69, 9.17) is 4.42 Å². The second-order valence-electron chi connectivity index (χ2n) is 6.62. The maximum Gasteiger partial charge on any atom is 0.320 e. The van der Waals surface area contributed by atoms with E-state index in [1.165, 1.54) is 19.3 Å². The average Bonchev–Trinajstić information content (AvgIpc) is 3.09. The van der Waals surface area contributed by atoms with E-state index in [9.17, 15) is 9.90 Å². The summed E-state index contributed by atoms with van der Waals surface area (Å²) in [5, 5.41) is 10.7. The van der Waals surface area contributed by atoms with Crippen molar-refractivity contribution < 1.29 is 14.3 Å². The molecule has 1 aromatic heterocycles. The van der Waals surface area contributed by atoms with Gasteiger partial charge in [0.15, 0.2) is 0 Å². The predicted molar refractivity (Wildman–Crippen MR) is 83.5 cm³/mol. The summed E-state index contributed by atoms with van der Waals surface area (Å²) in [5.41, 5.74) is 0.878. The van der Waals surface area contributed by atoms with Gasteiger partial charge in [-0.05, 0) is 37.3 Å². The van der Waals surface area contributed by atoms with Crippen molar-refractivity contribution in [3.05, 3.63) is 36.1 Å². The lowest BCUT2D eigenvalue weighted by Crippen LogP contribution is -2.41. The Hall–Kier alpha value is -1.81. The summed E-state index contributed by atoms with van der Waals surface area (Å²) in [4.78, 5) is 13.8. The summed E-state index contributed by atoms with van der Waals surface area (Å²) in [6.07, 6.45) is 5.54. The molecular formula is C18H21NO3. The zero-order valence-electron chi connectivity index (χ0n) is 12.6. The highest BCUT2D eigenvalue weighted by Crippen LogP contribution is 2.40. The van der Waals surface area contributed by atoms with Gasteiger partial charge in [0.25, 0.3) is 0 Å². The molecule has 0 radical (unpaired) electrons. The summed E-state index contributed by atoms with van der Waals surface area (Å²) in [5.74, 6) is 0.725. The van der Waals surface area contributed by atoms with Crippen LogP contribution in [-0.2, 0) is 11.3 Å². The Morgan fingerprint density at radius 3 is 2.91 bits per heavy atom. The third-order valence-corrected chi connectivity index (χ3v) is 5.32. The maximum atomic E-state index is 11.6. The number of rotatable bonds is 3. The number of likely N-dealkylation sites (tertiary alicyclic amines) is 1. The van der Waals surface area contributed by atoms with E-state index < -0.39 is 5.97 Å². The summed E-state index contributed by atoms with van der Waals surface area (Å²) in [6, 6.07) is 10.0. The van der Waals surface area contributed by atoms with Gasteiger partial charge in [-0.2, -0.15) is 0 Å². The van der Waals surface area contributed by atoms with Crippen LogP contribution in [0.3, 0.4) is 0 Å². The molecule has 1 saturated carbocycles. The van der Waals surface area contributed by atoms with Crippen molar-refractivity contribution in [2.24, 2.45) is 5.92 Å². The van der Waals surface area contributed by atoms with Crippen molar-refractivity contribution in [2.45, 2.75) is 50.7 Å². The normalized spacial score (nSPS) is 28.8. The molecule has 2 aromatic rings. The van der Waals surface area contributed by atoms with Gasteiger partial charge in [-0.15, -0.1) is 0 Å². The van der Waals surface area contributed by atoms with E-state index in [1.54, 1.807) is 0 Å². The number of benzene rings is 1. The largest absolute Gasteiger partial charge is 0.480 e.